The molecule has 2 aromatic carbocycles. The fraction of sp³-hybridized carbons (Fsp3) is 0. The molecule has 0 heterocycles. The van der Waals surface area contributed by atoms with Crippen molar-refractivity contribution in [2.24, 2.45) is 0 Å². The molecule has 0 aliphatic heterocycles. The largest absolute Gasteiger partial charge is 0.397 e. The van der Waals surface area contributed by atoms with Crippen LogP contribution in [-0.2, 0) is 0 Å². The molecule has 0 aliphatic carbocycles. The van der Waals surface area contributed by atoms with E-state index in [1.165, 1.54) is 12.1 Å². The lowest BCUT2D eigenvalue weighted by atomic mass is 10.2. The van der Waals surface area contributed by atoms with Crippen LogP contribution in [0.3, 0.4) is 0 Å². The van der Waals surface area contributed by atoms with Gasteiger partial charge in [0.05, 0.1) is 16.3 Å². The van der Waals surface area contributed by atoms with Crippen LogP contribution in [0.4, 0.5) is 20.2 Å². The van der Waals surface area contributed by atoms with E-state index >= 15 is 0 Å². The van der Waals surface area contributed by atoms with Crippen LogP contribution in [0.5, 0.6) is 0 Å². The van der Waals surface area contributed by atoms with Crippen molar-refractivity contribution in [3.05, 3.63) is 57.0 Å². The summed E-state index contributed by atoms with van der Waals surface area (Å²) in [5.74, 6) is -2.42. The summed E-state index contributed by atoms with van der Waals surface area (Å²) in [4.78, 5) is 12.0. The molecule has 7 heteroatoms. The Bertz CT molecular complexity index is 671. The molecular weight excluding hydrogens is 354 g/mol. The van der Waals surface area contributed by atoms with Crippen molar-refractivity contribution in [2.75, 3.05) is 11.1 Å². The third-order valence-corrected chi connectivity index (χ3v) is 3.32. The van der Waals surface area contributed by atoms with E-state index in [0.717, 1.165) is 6.07 Å². The van der Waals surface area contributed by atoms with E-state index in [1.807, 2.05) is 0 Å². The maximum absolute atomic E-state index is 13.6. The predicted molar refractivity (Wildman–Crippen MR) is 77.9 cm³/mol. The molecule has 0 bridgehead atoms. The Morgan fingerprint density at radius 2 is 1.95 bits per heavy atom. The number of nitrogen functional groups attached to an aromatic ring is 1. The normalized spacial score (nSPS) is 10.4. The number of nitrogens with one attached hydrogen (secondary N) is 1. The number of hydrogen-bond donors (Lipinski definition) is 2. The second-order valence-electron chi connectivity index (χ2n) is 3.93. The summed E-state index contributed by atoms with van der Waals surface area (Å²) in [6.45, 7) is 0. The fourth-order valence-electron chi connectivity index (χ4n) is 1.58. The van der Waals surface area contributed by atoms with Crippen LogP contribution in [0.15, 0.2) is 34.8 Å². The van der Waals surface area contributed by atoms with Crippen LogP contribution in [-0.4, -0.2) is 5.91 Å². The van der Waals surface area contributed by atoms with E-state index in [9.17, 15) is 13.6 Å². The molecule has 0 aliphatic rings. The van der Waals surface area contributed by atoms with Crippen molar-refractivity contribution in [1.29, 1.82) is 0 Å². The number of benzene rings is 2. The molecule has 0 unspecified atom stereocenters. The third kappa shape index (κ3) is 3.08. The van der Waals surface area contributed by atoms with Gasteiger partial charge < -0.3 is 11.1 Å². The van der Waals surface area contributed by atoms with Crippen molar-refractivity contribution in [2.45, 2.75) is 0 Å². The molecule has 1 amide bonds. The van der Waals surface area contributed by atoms with Gasteiger partial charge in [0.15, 0.2) is 5.82 Å². The van der Waals surface area contributed by atoms with E-state index in [2.05, 4.69) is 21.2 Å². The smallest absolute Gasteiger partial charge is 0.257 e. The molecule has 3 N–H and O–H groups in total. The lowest BCUT2D eigenvalue weighted by molar-refractivity contribution is 0.102. The SMILES string of the molecule is Nc1cc(F)cc(F)c1NC(=O)c1cc(Br)ccc1Cl. The first-order valence-electron chi connectivity index (χ1n) is 5.39. The minimum atomic E-state index is -0.957. The summed E-state index contributed by atoms with van der Waals surface area (Å²) in [7, 11) is 0. The van der Waals surface area contributed by atoms with E-state index in [4.69, 9.17) is 17.3 Å². The summed E-state index contributed by atoms with van der Waals surface area (Å²) in [5, 5.41) is 2.48. The van der Waals surface area contributed by atoms with Gasteiger partial charge in [-0.25, -0.2) is 8.78 Å². The summed E-state index contributed by atoms with van der Waals surface area (Å²) in [6.07, 6.45) is 0. The number of carbonyl (C=O) groups is 1. The number of rotatable bonds is 2. The first-order valence-corrected chi connectivity index (χ1v) is 6.56. The average Bonchev–Trinajstić information content (AvgIpc) is 2.36. The third-order valence-electron chi connectivity index (χ3n) is 2.50. The van der Waals surface area contributed by atoms with Gasteiger partial charge >= 0.3 is 0 Å². The molecule has 0 spiro atoms. The molecule has 0 saturated heterocycles. The van der Waals surface area contributed by atoms with Crippen molar-refractivity contribution in [3.63, 3.8) is 0 Å². The summed E-state index contributed by atoms with van der Waals surface area (Å²) < 4.78 is 27.2. The van der Waals surface area contributed by atoms with E-state index in [0.29, 0.717) is 10.5 Å². The summed E-state index contributed by atoms with van der Waals surface area (Å²) in [6, 6.07) is 6.21. The van der Waals surface area contributed by atoms with Crippen LogP contribution in [0, 0.1) is 11.6 Å². The summed E-state index contributed by atoms with van der Waals surface area (Å²) in [5.41, 5.74) is 5.13. The van der Waals surface area contributed by atoms with Gasteiger partial charge in [0.25, 0.3) is 5.91 Å². The Labute approximate surface area is 126 Å². The van der Waals surface area contributed by atoms with E-state index in [1.54, 1.807) is 6.07 Å². The first-order chi connectivity index (χ1) is 9.38. The molecule has 0 radical (unpaired) electrons. The van der Waals surface area contributed by atoms with Gasteiger partial charge in [0, 0.05) is 10.5 Å². The minimum absolute atomic E-state index is 0.143. The van der Waals surface area contributed by atoms with Crippen LogP contribution < -0.4 is 11.1 Å². The fourth-order valence-corrected chi connectivity index (χ4v) is 2.14. The molecule has 0 aromatic heterocycles. The molecule has 0 saturated carbocycles. The van der Waals surface area contributed by atoms with Crippen molar-refractivity contribution >= 4 is 44.8 Å². The standard InChI is InChI=1S/C13H8BrClF2N2O/c14-6-1-2-9(15)8(3-6)13(20)19-12-10(17)4-7(16)5-11(12)18/h1-5H,18H2,(H,19,20). The molecule has 2 rings (SSSR count). The summed E-state index contributed by atoms with van der Waals surface area (Å²) >= 11 is 9.10. The van der Waals surface area contributed by atoms with Gasteiger partial charge in [-0.15, -0.1) is 0 Å². The van der Waals surface area contributed by atoms with Gasteiger partial charge in [-0.3, -0.25) is 4.79 Å². The zero-order valence-electron chi connectivity index (χ0n) is 9.88. The number of halogens is 4. The predicted octanol–water partition coefficient (Wildman–Crippen LogP) is 4.22. The highest BCUT2D eigenvalue weighted by molar-refractivity contribution is 9.10. The second kappa shape index (κ2) is 5.76. The van der Waals surface area contributed by atoms with Crippen molar-refractivity contribution < 1.29 is 13.6 Å². The Morgan fingerprint density at radius 3 is 2.60 bits per heavy atom. The average molecular weight is 362 g/mol. The maximum atomic E-state index is 13.6. The number of amides is 1. The van der Waals surface area contributed by atoms with Crippen LogP contribution in [0.25, 0.3) is 0 Å². The van der Waals surface area contributed by atoms with Gasteiger partial charge in [-0.05, 0) is 24.3 Å². The monoisotopic (exact) mass is 360 g/mol. The molecule has 104 valence electrons. The maximum Gasteiger partial charge on any atom is 0.257 e. The lowest BCUT2D eigenvalue weighted by Crippen LogP contribution is -2.15. The first kappa shape index (κ1) is 14.7. The zero-order valence-corrected chi connectivity index (χ0v) is 12.2. The van der Waals surface area contributed by atoms with Crippen LogP contribution in [0.2, 0.25) is 5.02 Å². The number of carbonyl (C=O) groups excluding carboxylic acids is 1. The van der Waals surface area contributed by atoms with E-state index < -0.39 is 17.5 Å². The number of anilines is 2. The highest BCUT2D eigenvalue weighted by Crippen LogP contribution is 2.26. The highest BCUT2D eigenvalue weighted by atomic mass is 79.9. The number of nitrogens with two attached hydrogens (primary N) is 1. The molecular formula is C13H8BrClF2N2O. The Balaban J connectivity index is 2.35. The highest BCUT2D eigenvalue weighted by Gasteiger charge is 2.16. The van der Waals surface area contributed by atoms with Crippen molar-refractivity contribution in [3.8, 4) is 0 Å². The molecule has 3 nitrogen and oxygen atoms in total. The Morgan fingerprint density at radius 1 is 1.25 bits per heavy atom. The molecule has 2 aromatic rings. The van der Waals surface area contributed by atoms with Gasteiger partial charge in [0.1, 0.15) is 11.5 Å². The van der Waals surface area contributed by atoms with Crippen molar-refractivity contribution in [1.82, 2.24) is 0 Å². The Hall–Kier alpha value is -1.66. The van der Waals surface area contributed by atoms with E-state index in [-0.39, 0.29) is 22.0 Å². The van der Waals surface area contributed by atoms with Crippen LogP contribution >= 0.6 is 27.5 Å². The zero-order chi connectivity index (χ0) is 14.9. The lowest BCUT2D eigenvalue weighted by Gasteiger charge is -2.10. The Kier molecular flexibility index (Phi) is 4.25. The minimum Gasteiger partial charge on any atom is -0.397 e. The number of hydrogen-bond acceptors (Lipinski definition) is 2. The topological polar surface area (TPSA) is 55.1 Å². The second-order valence-corrected chi connectivity index (χ2v) is 5.25. The molecule has 20 heavy (non-hydrogen) atoms. The van der Waals surface area contributed by atoms with Gasteiger partial charge in [-0.2, -0.15) is 0 Å². The quantitative estimate of drug-likeness (QED) is 0.787. The van der Waals surface area contributed by atoms with Gasteiger partial charge in [-0.1, -0.05) is 27.5 Å². The van der Waals surface area contributed by atoms with Gasteiger partial charge in [0.2, 0.25) is 0 Å². The molecule has 0 fully saturated rings. The molecule has 0 atom stereocenters. The van der Waals surface area contributed by atoms with Crippen LogP contribution in [0.1, 0.15) is 10.4 Å².